The van der Waals surface area contributed by atoms with Gasteiger partial charge >= 0.3 is 0 Å². The number of hydrogen-bond acceptors (Lipinski definition) is 2. The molecule has 1 heterocycles. The second kappa shape index (κ2) is 6.61. The molecule has 0 aromatic carbocycles. The van der Waals surface area contributed by atoms with Gasteiger partial charge in [-0.15, -0.1) is 0 Å². The van der Waals surface area contributed by atoms with E-state index in [2.05, 4.69) is 38.0 Å². The van der Waals surface area contributed by atoms with Crippen molar-refractivity contribution in [1.29, 1.82) is 0 Å². The van der Waals surface area contributed by atoms with Crippen molar-refractivity contribution in [3.8, 4) is 0 Å². The Morgan fingerprint density at radius 2 is 2.12 bits per heavy atom. The van der Waals surface area contributed by atoms with Crippen LogP contribution in [0.4, 0.5) is 0 Å². The molecule has 2 unspecified atom stereocenters. The van der Waals surface area contributed by atoms with Crippen LogP contribution in [0.25, 0.3) is 0 Å². The minimum atomic E-state index is 0.460. The fourth-order valence-electron chi connectivity index (χ4n) is 3.31. The van der Waals surface area contributed by atoms with Gasteiger partial charge < -0.3 is 5.32 Å². The van der Waals surface area contributed by atoms with Gasteiger partial charge in [-0.1, -0.05) is 27.2 Å². The minimum Gasteiger partial charge on any atom is -0.319 e. The highest BCUT2D eigenvalue weighted by Gasteiger charge is 2.31. The van der Waals surface area contributed by atoms with Gasteiger partial charge in [-0.05, 0) is 44.7 Å². The van der Waals surface area contributed by atoms with Crippen molar-refractivity contribution in [2.75, 3.05) is 26.7 Å². The Bertz CT molecular complexity index is 185. The quantitative estimate of drug-likeness (QED) is 0.718. The molecule has 1 fully saturated rings. The van der Waals surface area contributed by atoms with Gasteiger partial charge in [-0.25, -0.2) is 0 Å². The Hall–Kier alpha value is -0.0800. The van der Waals surface area contributed by atoms with Gasteiger partial charge in [0.05, 0.1) is 0 Å². The van der Waals surface area contributed by atoms with Crippen LogP contribution in [0.1, 0.15) is 52.9 Å². The van der Waals surface area contributed by atoms with Gasteiger partial charge in [0.2, 0.25) is 0 Å². The molecule has 2 heteroatoms. The molecule has 1 N–H and O–H groups in total. The van der Waals surface area contributed by atoms with E-state index in [1.54, 1.807) is 0 Å². The van der Waals surface area contributed by atoms with Gasteiger partial charge in [0.1, 0.15) is 0 Å². The van der Waals surface area contributed by atoms with E-state index < -0.39 is 0 Å². The predicted octanol–water partition coefficient (Wildman–Crippen LogP) is 2.89. The Balaban J connectivity index is 2.52. The summed E-state index contributed by atoms with van der Waals surface area (Å²) in [6, 6.07) is 0.855. The molecule has 1 saturated heterocycles. The smallest absolute Gasteiger partial charge is 0.00933 e. The van der Waals surface area contributed by atoms with E-state index in [9.17, 15) is 0 Å². The van der Waals surface area contributed by atoms with Crippen LogP contribution >= 0.6 is 0 Å². The number of nitrogens with one attached hydrogen (secondary N) is 1. The van der Waals surface area contributed by atoms with Crippen LogP contribution < -0.4 is 5.32 Å². The molecule has 2 atom stereocenters. The second-order valence-electron chi connectivity index (χ2n) is 5.77. The van der Waals surface area contributed by atoms with Gasteiger partial charge in [0.25, 0.3) is 0 Å². The molecule has 1 rings (SSSR count). The Morgan fingerprint density at radius 3 is 2.69 bits per heavy atom. The maximum Gasteiger partial charge on any atom is 0.00933 e. The summed E-state index contributed by atoms with van der Waals surface area (Å²) in [5.74, 6) is 0. The van der Waals surface area contributed by atoms with Crippen molar-refractivity contribution < 1.29 is 0 Å². The maximum atomic E-state index is 3.37. The Kier molecular flexibility index (Phi) is 5.77. The third-order valence-electron chi connectivity index (χ3n) is 4.01. The fraction of sp³-hybridized carbons (Fsp3) is 1.00. The fourth-order valence-corrected chi connectivity index (χ4v) is 3.31. The SMILES string of the molecule is CCCC(C)(CNC)CN1CCCC1CC. The summed E-state index contributed by atoms with van der Waals surface area (Å²) in [6.07, 6.45) is 6.77. The highest BCUT2D eigenvalue weighted by Crippen LogP contribution is 2.29. The van der Waals surface area contributed by atoms with Crippen molar-refractivity contribution >= 4 is 0 Å². The van der Waals surface area contributed by atoms with E-state index in [0.29, 0.717) is 5.41 Å². The lowest BCUT2D eigenvalue weighted by molar-refractivity contribution is 0.138. The third-order valence-corrected chi connectivity index (χ3v) is 4.01. The summed E-state index contributed by atoms with van der Waals surface area (Å²) in [6.45, 7) is 10.8. The molecule has 0 bridgehead atoms. The van der Waals surface area contributed by atoms with E-state index >= 15 is 0 Å². The van der Waals surface area contributed by atoms with Gasteiger partial charge in [-0.2, -0.15) is 0 Å². The van der Waals surface area contributed by atoms with E-state index in [1.165, 1.54) is 45.2 Å². The standard InChI is InChI=1S/C14H30N2/c1-5-9-14(3,11-15-4)12-16-10-7-8-13(16)6-2/h13,15H,5-12H2,1-4H3. The van der Waals surface area contributed by atoms with E-state index in [1.807, 2.05) is 0 Å². The van der Waals surface area contributed by atoms with E-state index in [4.69, 9.17) is 0 Å². The van der Waals surface area contributed by atoms with Crippen molar-refractivity contribution in [3.05, 3.63) is 0 Å². The Labute approximate surface area is 102 Å². The first-order chi connectivity index (χ1) is 7.65. The summed E-state index contributed by atoms with van der Waals surface area (Å²) in [5.41, 5.74) is 0.460. The summed E-state index contributed by atoms with van der Waals surface area (Å²) < 4.78 is 0. The first-order valence-corrected chi connectivity index (χ1v) is 7.04. The second-order valence-corrected chi connectivity index (χ2v) is 5.77. The average molecular weight is 226 g/mol. The molecule has 0 aromatic rings. The number of hydrogen-bond donors (Lipinski definition) is 1. The maximum absolute atomic E-state index is 3.37. The van der Waals surface area contributed by atoms with Crippen molar-refractivity contribution in [3.63, 3.8) is 0 Å². The van der Waals surface area contributed by atoms with Crippen LogP contribution in [0.15, 0.2) is 0 Å². The van der Waals surface area contributed by atoms with Crippen LogP contribution in [0.5, 0.6) is 0 Å². The van der Waals surface area contributed by atoms with Crippen molar-refractivity contribution in [2.45, 2.75) is 58.9 Å². The van der Waals surface area contributed by atoms with Gasteiger partial charge in [0.15, 0.2) is 0 Å². The summed E-state index contributed by atoms with van der Waals surface area (Å²) in [4.78, 5) is 2.73. The normalized spacial score (nSPS) is 25.9. The molecule has 0 amide bonds. The molecule has 0 saturated carbocycles. The van der Waals surface area contributed by atoms with Crippen LogP contribution in [-0.4, -0.2) is 37.6 Å². The van der Waals surface area contributed by atoms with E-state index in [0.717, 1.165) is 12.6 Å². The Morgan fingerprint density at radius 1 is 1.38 bits per heavy atom. The first kappa shape index (κ1) is 14.0. The monoisotopic (exact) mass is 226 g/mol. The van der Waals surface area contributed by atoms with Crippen LogP contribution in [-0.2, 0) is 0 Å². The molecule has 96 valence electrons. The lowest BCUT2D eigenvalue weighted by Gasteiger charge is -2.36. The van der Waals surface area contributed by atoms with Crippen LogP contribution in [0.2, 0.25) is 0 Å². The zero-order chi connectivity index (χ0) is 12.0. The third kappa shape index (κ3) is 3.74. The first-order valence-electron chi connectivity index (χ1n) is 7.04. The molecular weight excluding hydrogens is 196 g/mol. The average Bonchev–Trinajstić information content (AvgIpc) is 2.65. The zero-order valence-electron chi connectivity index (χ0n) is 11.7. The molecule has 2 nitrogen and oxygen atoms in total. The molecule has 1 aliphatic heterocycles. The lowest BCUT2D eigenvalue weighted by Crippen LogP contribution is -2.43. The minimum absolute atomic E-state index is 0.460. The summed E-state index contributed by atoms with van der Waals surface area (Å²) in [5, 5.41) is 3.37. The van der Waals surface area contributed by atoms with Crippen LogP contribution in [0, 0.1) is 5.41 Å². The van der Waals surface area contributed by atoms with E-state index in [-0.39, 0.29) is 0 Å². The molecule has 0 aromatic heterocycles. The zero-order valence-corrected chi connectivity index (χ0v) is 11.7. The molecule has 0 spiro atoms. The van der Waals surface area contributed by atoms with Crippen molar-refractivity contribution in [1.82, 2.24) is 10.2 Å². The molecule has 0 radical (unpaired) electrons. The van der Waals surface area contributed by atoms with Gasteiger partial charge in [0, 0.05) is 19.1 Å². The molecular formula is C14H30N2. The predicted molar refractivity (Wildman–Crippen MR) is 71.8 cm³/mol. The highest BCUT2D eigenvalue weighted by atomic mass is 15.2. The number of likely N-dealkylation sites (tertiary alicyclic amines) is 1. The largest absolute Gasteiger partial charge is 0.319 e. The number of nitrogens with zero attached hydrogens (tertiary/aromatic N) is 1. The molecule has 16 heavy (non-hydrogen) atoms. The topological polar surface area (TPSA) is 15.3 Å². The van der Waals surface area contributed by atoms with Gasteiger partial charge in [-0.3, -0.25) is 4.90 Å². The lowest BCUT2D eigenvalue weighted by atomic mass is 9.84. The van der Waals surface area contributed by atoms with Crippen molar-refractivity contribution in [2.24, 2.45) is 5.41 Å². The molecule has 0 aliphatic carbocycles. The molecule has 1 aliphatic rings. The number of rotatable bonds is 7. The highest BCUT2D eigenvalue weighted by molar-refractivity contribution is 4.86. The summed E-state index contributed by atoms with van der Waals surface area (Å²) in [7, 11) is 2.08. The summed E-state index contributed by atoms with van der Waals surface area (Å²) >= 11 is 0. The van der Waals surface area contributed by atoms with Crippen LogP contribution in [0.3, 0.4) is 0 Å².